The molecule has 0 atom stereocenters. The molecule has 2 rings (SSSR count). The number of carbonyl (C=O) groups excluding carboxylic acids is 1. The van der Waals surface area contributed by atoms with Gasteiger partial charge in [0, 0.05) is 32.2 Å². The zero-order valence-electron chi connectivity index (χ0n) is 13.8. The number of pyridine rings is 1. The molecule has 1 aromatic heterocycles. The van der Waals surface area contributed by atoms with E-state index in [1.54, 1.807) is 25.2 Å². The zero-order valence-corrected chi connectivity index (χ0v) is 13.8. The first-order chi connectivity index (χ1) is 11.1. The largest absolute Gasteiger partial charge is 0.357 e. The van der Waals surface area contributed by atoms with Gasteiger partial charge in [0.2, 0.25) is 5.91 Å². The molecule has 0 unspecified atom stereocenters. The number of para-hydroxylation sites is 1. The van der Waals surface area contributed by atoms with Crippen molar-refractivity contribution >= 4 is 22.8 Å². The average Bonchev–Trinajstić information content (AvgIpc) is 2.56. The van der Waals surface area contributed by atoms with Crippen LogP contribution in [0, 0.1) is 0 Å². The predicted molar refractivity (Wildman–Crippen MR) is 93.3 cm³/mol. The Balaban J connectivity index is 2.11. The van der Waals surface area contributed by atoms with Crippen LogP contribution >= 0.6 is 0 Å². The van der Waals surface area contributed by atoms with Gasteiger partial charge in [-0.05, 0) is 18.6 Å². The first-order valence-electron chi connectivity index (χ1n) is 7.66. The Morgan fingerprint density at radius 3 is 2.74 bits per heavy atom. The van der Waals surface area contributed by atoms with Crippen molar-refractivity contribution in [2.24, 2.45) is 4.99 Å². The van der Waals surface area contributed by atoms with E-state index in [0.717, 1.165) is 23.0 Å². The second-order valence-corrected chi connectivity index (χ2v) is 5.33. The van der Waals surface area contributed by atoms with Gasteiger partial charge in [-0.2, -0.15) is 0 Å². The number of hydrogen-bond acceptors (Lipinski definition) is 3. The van der Waals surface area contributed by atoms with E-state index in [0.29, 0.717) is 12.5 Å². The van der Waals surface area contributed by atoms with Gasteiger partial charge in [0.25, 0.3) is 0 Å². The molecule has 0 fully saturated rings. The monoisotopic (exact) mass is 313 g/mol. The van der Waals surface area contributed by atoms with E-state index in [2.05, 4.69) is 20.6 Å². The van der Waals surface area contributed by atoms with E-state index in [4.69, 9.17) is 0 Å². The third-order valence-electron chi connectivity index (χ3n) is 3.37. The van der Waals surface area contributed by atoms with Crippen LogP contribution in [0.25, 0.3) is 10.9 Å². The number of aromatic nitrogens is 1. The smallest absolute Gasteiger partial charge is 0.241 e. The van der Waals surface area contributed by atoms with E-state index in [-0.39, 0.29) is 12.5 Å². The predicted octanol–water partition coefficient (Wildman–Crippen LogP) is 1.38. The van der Waals surface area contributed by atoms with Gasteiger partial charge in [-0.15, -0.1) is 0 Å². The molecule has 23 heavy (non-hydrogen) atoms. The van der Waals surface area contributed by atoms with Gasteiger partial charge in [-0.25, -0.2) is 4.99 Å². The highest BCUT2D eigenvalue weighted by Crippen LogP contribution is 2.16. The first kappa shape index (κ1) is 16.7. The van der Waals surface area contributed by atoms with Crippen LogP contribution in [0.5, 0.6) is 0 Å². The van der Waals surface area contributed by atoms with E-state index in [1.807, 2.05) is 37.3 Å². The van der Waals surface area contributed by atoms with Crippen molar-refractivity contribution in [2.45, 2.75) is 13.5 Å². The van der Waals surface area contributed by atoms with Crippen molar-refractivity contribution in [1.29, 1.82) is 0 Å². The van der Waals surface area contributed by atoms with Crippen LogP contribution in [0.2, 0.25) is 0 Å². The van der Waals surface area contributed by atoms with E-state index in [9.17, 15) is 4.79 Å². The van der Waals surface area contributed by atoms with Crippen LogP contribution in [-0.4, -0.2) is 48.9 Å². The number of nitrogens with zero attached hydrogens (tertiary/aromatic N) is 3. The second kappa shape index (κ2) is 8.12. The number of benzene rings is 1. The highest BCUT2D eigenvalue weighted by Gasteiger charge is 2.06. The number of amides is 1. The van der Waals surface area contributed by atoms with Crippen LogP contribution in [0.15, 0.2) is 41.5 Å². The number of hydrogen-bond donors (Lipinski definition) is 2. The molecule has 6 heteroatoms. The quantitative estimate of drug-likeness (QED) is 0.646. The molecular weight excluding hydrogens is 290 g/mol. The summed E-state index contributed by atoms with van der Waals surface area (Å²) in [7, 11) is 3.46. The Labute approximate surface area is 136 Å². The summed E-state index contributed by atoms with van der Waals surface area (Å²) in [5, 5.41) is 7.29. The lowest BCUT2D eigenvalue weighted by Gasteiger charge is -2.14. The molecule has 2 N–H and O–H groups in total. The molecule has 1 aromatic carbocycles. The summed E-state index contributed by atoms with van der Waals surface area (Å²) in [6.07, 6.45) is 1.79. The van der Waals surface area contributed by atoms with Gasteiger partial charge in [-0.1, -0.05) is 24.3 Å². The summed E-state index contributed by atoms with van der Waals surface area (Å²) in [4.78, 5) is 22.2. The summed E-state index contributed by atoms with van der Waals surface area (Å²) < 4.78 is 0. The van der Waals surface area contributed by atoms with Crippen molar-refractivity contribution in [3.05, 3.63) is 42.1 Å². The topological polar surface area (TPSA) is 69.6 Å². The lowest BCUT2D eigenvalue weighted by atomic mass is 10.1. The SMILES string of the molecule is CCNC(=NCc1cccc2cccnc12)NCC(=O)N(C)C. The van der Waals surface area contributed by atoms with Crippen LogP contribution in [-0.2, 0) is 11.3 Å². The molecule has 0 aliphatic carbocycles. The van der Waals surface area contributed by atoms with Gasteiger partial charge in [0.15, 0.2) is 5.96 Å². The van der Waals surface area contributed by atoms with E-state index < -0.39 is 0 Å². The van der Waals surface area contributed by atoms with E-state index in [1.165, 1.54) is 0 Å². The molecule has 0 saturated carbocycles. The minimum Gasteiger partial charge on any atom is -0.357 e. The van der Waals surface area contributed by atoms with Crippen molar-refractivity contribution in [3.8, 4) is 0 Å². The van der Waals surface area contributed by atoms with Crippen LogP contribution in [0.1, 0.15) is 12.5 Å². The maximum Gasteiger partial charge on any atom is 0.241 e. The zero-order chi connectivity index (χ0) is 16.7. The van der Waals surface area contributed by atoms with Crippen molar-refractivity contribution < 1.29 is 4.79 Å². The molecule has 0 spiro atoms. The Hall–Kier alpha value is -2.63. The molecule has 0 radical (unpaired) electrons. The van der Waals surface area contributed by atoms with Gasteiger partial charge in [-0.3, -0.25) is 9.78 Å². The normalized spacial score (nSPS) is 11.3. The number of carbonyl (C=O) groups is 1. The maximum atomic E-state index is 11.7. The van der Waals surface area contributed by atoms with Gasteiger partial charge >= 0.3 is 0 Å². The molecule has 6 nitrogen and oxygen atoms in total. The van der Waals surface area contributed by atoms with E-state index >= 15 is 0 Å². The minimum atomic E-state index is 0.00225. The molecular formula is C17H23N5O. The summed E-state index contributed by atoms with van der Waals surface area (Å²) in [5.41, 5.74) is 2.01. The summed E-state index contributed by atoms with van der Waals surface area (Å²) in [5.74, 6) is 0.623. The van der Waals surface area contributed by atoms with Crippen LogP contribution in [0.4, 0.5) is 0 Å². The Bertz CT molecular complexity index is 691. The lowest BCUT2D eigenvalue weighted by Crippen LogP contribution is -2.42. The van der Waals surface area contributed by atoms with Gasteiger partial charge < -0.3 is 15.5 Å². The van der Waals surface area contributed by atoms with Crippen LogP contribution < -0.4 is 10.6 Å². The molecule has 0 aliphatic rings. The third kappa shape index (κ3) is 4.67. The Morgan fingerprint density at radius 1 is 1.22 bits per heavy atom. The highest BCUT2D eigenvalue weighted by atomic mass is 16.2. The molecule has 0 saturated heterocycles. The fourth-order valence-corrected chi connectivity index (χ4v) is 2.12. The maximum absolute atomic E-state index is 11.7. The number of guanidine groups is 1. The molecule has 1 heterocycles. The molecule has 1 amide bonds. The molecule has 2 aromatic rings. The summed E-state index contributed by atoms with van der Waals surface area (Å²) >= 11 is 0. The van der Waals surface area contributed by atoms with Crippen molar-refractivity contribution in [1.82, 2.24) is 20.5 Å². The fraction of sp³-hybridized carbons (Fsp3) is 0.353. The van der Waals surface area contributed by atoms with Gasteiger partial charge in [0.05, 0.1) is 18.6 Å². The number of rotatable bonds is 5. The third-order valence-corrected chi connectivity index (χ3v) is 3.37. The van der Waals surface area contributed by atoms with Gasteiger partial charge in [0.1, 0.15) is 0 Å². The minimum absolute atomic E-state index is 0.00225. The van der Waals surface area contributed by atoms with Crippen molar-refractivity contribution in [2.75, 3.05) is 27.2 Å². The Morgan fingerprint density at radius 2 is 2.00 bits per heavy atom. The Kier molecular flexibility index (Phi) is 5.91. The number of aliphatic imine (C=N–C) groups is 1. The standard InChI is InChI=1S/C17H23N5O/c1-4-18-17(21-12-15(23)22(2)3)20-11-14-8-5-7-13-9-6-10-19-16(13)14/h5-10H,4,11-12H2,1-3H3,(H2,18,20,21). The number of likely N-dealkylation sites (N-methyl/N-ethyl adjacent to an activating group) is 1. The summed E-state index contributed by atoms with van der Waals surface area (Å²) in [6, 6.07) is 10.0. The molecule has 0 bridgehead atoms. The lowest BCUT2D eigenvalue weighted by molar-refractivity contribution is -0.127. The number of nitrogens with one attached hydrogen (secondary N) is 2. The molecule has 0 aliphatic heterocycles. The second-order valence-electron chi connectivity index (χ2n) is 5.33. The fourth-order valence-electron chi connectivity index (χ4n) is 2.12. The summed E-state index contributed by atoms with van der Waals surface area (Å²) in [6.45, 7) is 3.44. The highest BCUT2D eigenvalue weighted by molar-refractivity contribution is 5.86. The van der Waals surface area contributed by atoms with Crippen LogP contribution in [0.3, 0.4) is 0 Å². The number of fused-ring (bicyclic) bond motifs is 1. The molecule has 122 valence electrons. The van der Waals surface area contributed by atoms with Crippen molar-refractivity contribution in [3.63, 3.8) is 0 Å². The first-order valence-corrected chi connectivity index (χ1v) is 7.66. The average molecular weight is 313 g/mol.